The predicted molar refractivity (Wildman–Crippen MR) is 118 cm³/mol. The summed E-state index contributed by atoms with van der Waals surface area (Å²) in [6, 6.07) is 3.32. The van der Waals surface area contributed by atoms with E-state index in [-0.39, 0.29) is 34.6 Å². The summed E-state index contributed by atoms with van der Waals surface area (Å²) in [6.07, 6.45) is 5.61. The second kappa shape index (κ2) is 10.3. The van der Waals surface area contributed by atoms with Crippen molar-refractivity contribution in [2.45, 2.75) is 69.7 Å². The summed E-state index contributed by atoms with van der Waals surface area (Å²) in [5.74, 6) is -0.656. The Hall–Kier alpha value is -2.00. The minimum Gasteiger partial charge on any atom is -0.490 e. The Balaban J connectivity index is 1.43. The maximum absolute atomic E-state index is 14.0. The van der Waals surface area contributed by atoms with Gasteiger partial charge in [0, 0.05) is 6.07 Å². The normalized spacial score (nSPS) is 19.3. The molecule has 1 aliphatic carbocycles. The van der Waals surface area contributed by atoms with Crippen LogP contribution in [0.5, 0.6) is 5.75 Å². The third kappa shape index (κ3) is 7.27. The molecule has 1 atom stereocenters. The lowest BCUT2D eigenvalue weighted by Crippen LogP contribution is -2.36. The van der Waals surface area contributed by atoms with E-state index in [9.17, 15) is 22.4 Å². The summed E-state index contributed by atoms with van der Waals surface area (Å²) in [4.78, 5) is 22.8. The molecule has 7 nitrogen and oxygen atoms in total. The van der Waals surface area contributed by atoms with E-state index in [1.54, 1.807) is 0 Å². The summed E-state index contributed by atoms with van der Waals surface area (Å²) in [5.41, 5.74) is -0.437. The van der Waals surface area contributed by atoms with Gasteiger partial charge in [-0.25, -0.2) is 12.8 Å². The first kappa shape index (κ1) is 24.6. The zero-order valence-corrected chi connectivity index (χ0v) is 19.6. The highest BCUT2D eigenvalue weighted by atomic mass is 32.2. The average Bonchev–Trinajstić information content (AvgIpc) is 3.46. The SMILES string of the molecule is CC(C)(CCCCCNC1CC(=O)NC1=O)CS(=O)(=O)c1ccc(F)c(OCC2CC2)c1. The highest BCUT2D eigenvalue weighted by molar-refractivity contribution is 7.91. The van der Waals surface area contributed by atoms with Gasteiger partial charge in [-0.3, -0.25) is 14.9 Å². The molecule has 1 saturated carbocycles. The first-order valence-electron chi connectivity index (χ1n) is 11.3. The molecule has 0 radical (unpaired) electrons. The number of amides is 2. The second-order valence-electron chi connectivity index (χ2n) is 9.70. The lowest BCUT2D eigenvalue weighted by atomic mass is 9.89. The van der Waals surface area contributed by atoms with Gasteiger partial charge in [-0.1, -0.05) is 26.7 Å². The fourth-order valence-electron chi connectivity index (χ4n) is 3.85. The highest BCUT2D eigenvalue weighted by Gasteiger charge is 2.30. The number of sulfone groups is 1. The van der Waals surface area contributed by atoms with Crippen molar-refractivity contribution in [3.05, 3.63) is 24.0 Å². The largest absolute Gasteiger partial charge is 0.490 e. The van der Waals surface area contributed by atoms with Crippen LogP contribution in [0.3, 0.4) is 0 Å². The van der Waals surface area contributed by atoms with Gasteiger partial charge in [0.2, 0.25) is 11.8 Å². The van der Waals surface area contributed by atoms with Crippen LogP contribution in [0, 0.1) is 17.2 Å². The highest BCUT2D eigenvalue weighted by Crippen LogP contribution is 2.32. The van der Waals surface area contributed by atoms with Crippen molar-refractivity contribution < 1.29 is 27.1 Å². The quantitative estimate of drug-likeness (QED) is 0.262. The zero-order chi connectivity index (χ0) is 23.4. The molecule has 1 aromatic carbocycles. The number of halogens is 1. The van der Waals surface area contributed by atoms with Crippen LogP contribution in [0.4, 0.5) is 4.39 Å². The van der Waals surface area contributed by atoms with Gasteiger partial charge >= 0.3 is 0 Å². The Morgan fingerprint density at radius 3 is 2.59 bits per heavy atom. The van der Waals surface area contributed by atoms with Gasteiger partial charge in [-0.2, -0.15) is 0 Å². The van der Waals surface area contributed by atoms with Crippen molar-refractivity contribution in [1.82, 2.24) is 10.6 Å². The van der Waals surface area contributed by atoms with Crippen LogP contribution >= 0.6 is 0 Å². The summed E-state index contributed by atoms with van der Waals surface area (Å²) < 4.78 is 45.4. The number of carbonyl (C=O) groups excluding carboxylic acids is 2. The van der Waals surface area contributed by atoms with Crippen molar-refractivity contribution in [3.63, 3.8) is 0 Å². The van der Waals surface area contributed by atoms with Crippen LogP contribution in [0.1, 0.15) is 58.8 Å². The molecule has 9 heteroatoms. The van der Waals surface area contributed by atoms with Gasteiger partial charge in [0.1, 0.15) is 0 Å². The molecule has 2 fully saturated rings. The van der Waals surface area contributed by atoms with Crippen LogP contribution < -0.4 is 15.4 Å². The van der Waals surface area contributed by atoms with Crippen LogP contribution in [0.25, 0.3) is 0 Å². The maximum atomic E-state index is 14.0. The number of ether oxygens (including phenoxy) is 1. The molecule has 2 aliphatic rings. The molecule has 1 unspecified atom stereocenters. The van der Waals surface area contributed by atoms with Crippen molar-refractivity contribution in [3.8, 4) is 5.75 Å². The minimum absolute atomic E-state index is 0.000857. The van der Waals surface area contributed by atoms with Gasteiger partial charge in [-0.15, -0.1) is 0 Å². The van der Waals surface area contributed by atoms with Crippen LogP contribution in [-0.2, 0) is 19.4 Å². The standard InChI is InChI=1S/C23H33FN2O5S/c1-23(2,10-4-3-5-11-25-19-13-21(27)26-22(19)28)15-32(29,30)17-8-9-18(24)20(12-17)31-14-16-6-7-16/h8-9,12,16,19,25H,3-7,10-11,13-15H2,1-2H3,(H,26,27,28). The molecular formula is C23H33FN2O5S. The van der Waals surface area contributed by atoms with Gasteiger partial charge < -0.3 is 10.1 Å². The molecule has 32 heavy (non-hydrogen) atoms. The van der Waals surface area contributed by atoms with E-state index >= 15 is 0 Å². The van der Waals surface area contributed by atoms with Crippen LogP contribution in [0.15, 0.2) is 23.1 Å². The Bertz CT molecular complexity index is 944. The first-order chi connectivity index (χ1) is 15.1. The van der Waals surface area contributed by atoms with Crippen LogP contribution in [0.2, 0.25) is 0 Å². The summed E-state index contributed by atoms with van der Waals surface area (Å²) in [5, 5.41) is 5.35. The van der Waals surface area contributed by atoms with E-state index in [2.05, 4.69) is 10.6 Å². The number of nitrogens with one attached hydrogen (secondary N) is 2. The summed E-state index contributed by atoms with van der Waals surface area (Å²) in [7, 11) is -3.59. The molecule has 1 aromatic rings. The molecule has 0 spiro atoms. The van der Waals surface area contributed by atoms with E-state index in [0.717, 1.165) is 44.6 Å². The maximum Gasteiger partial charge on any atom is 0.244 e. The third-order valence-electron chi connectivity index (χ3n) is 5.90. The second-order valence-corrected chi connectivity index (χ2v) is 11.7. The molecule has 2 N–H and O–H groups in total. The zero-order valence-electron chi connectivity index (χ0n) is 18.8. The molecule has 2 amide bonds. The first-order valence-corrected chi connectivity index (χ1v) is 12.9. The van der Waals surface area contributed by atoms with Gasteiger partial charge in [0.15, 0.2) is 21.4 Å². The molecule has 3 rings (SSSR count). The van der Waals surface area contributed by atoms with Crippen molar-refractivity contribution in [2.75, 3.05) is 18.9 Å². The van der Waals surface area contributed by atoms with E-state index in [0.29, 0.717) is 19.1 Å². The summed E-state index contributed by atoms with van der Waals surface area (Å²) >= 11 is 0. The minimum atomic E-state index is -3.59. The predicted octanol–water partition coefficient (Wildman–Crippen LogP) is 2.98. The van der Waals surface area contributed by atoms with Crippen molar-refractivity contribution in [2.24, 2.45) is 11.3 Å². The number of unbranched alkanes of at least 4 members (excludes halogenated alkanes) is 2. The van der Waals surface area contributed by atoms with Crippen molar-refractivity contribution >= 4 is 21.7 Å². The van der Waals surface area contributed by atoms with E-state index < -0.39 is 27.1 Å². The topological polar surface area (TPSA) is 102 Å². The van der Waals surface area contributed by atoms with Crippen LogP contribution in [-0.4, -0.2) is 45.2 Å². The number of hydrogen-bond donors (Lipinski definition) is 2. The fraction of sp³-hybridized carbons (Fsp3) is 0.652. The number of benzene rings is 1. The Labute approximate surface area is 189 Å². The molecule has 178 valence electrons. The molecule has 0 bridgehead atoms. The van der Waals surface area contributed by atoms with Crippen molar-refractivity contribution in [1.29, 1.82) is 0 Å². The number of imide groups is 1. The number of rotatable bonds is 13. The monoisotopic (exact) mass is 468 g/mol. The average molecular weight is 469 g/mol. The lowest BCUT2D eigenvalue weighted by molar-refractivity contribution is -0.125. The van der Waals surface area contributed by atoms with E-state index in [1.165, 1.54) is 12.1 Å². The molecule has 1 saturated heterocycles. The summed E-state index contributed by atoms with van der Waals surface area (Å²) in [6.45, 7) is 4.89. The Morgan fingerprint density at radius 1 is 1.19 bits per heavy atom. The Morgan fingerprint density at radius 2 is 1.94 bits per heavy atom. The molecule has 0 aromatic heterocycles. The van der Waals surface area contributed by atoms with E-state index in [4.69, 9.17) is 4.74 Å². The van der Waals surface area contributed by atoms with Gasteiger partial charge in [-0.05, 0) is 55.7 Å². The number of hydrogen-bond acceptors (Lipinski definition) is 6. The lowest BCUT2D eigenvalue weighted by Gasteiger charge is -2.24. The molecular weight excluding hydrogens is 435 g/mol. The van der Waals surface area contributed by atoms with Gasteiger partial charge in [0.25, 0.3) is 0 Å². The van der Waals surface area contributed by atoms with E-state index in [1.807, 2.05) is 13.8 Å². The molecule has 1 aliphatic heterocycles. The Kier molecular flexibility index (Phi) is 7.92. The molecule has 1 heterocycles. The number of carbonyl (C=O) groups is 2. The third-order valence-corrected chi connectivity index (χ3v) is 8.04. The smallest absolute Gasteiger partial charge is 0.244 e. The van der Waals surface area contributed by atoms with Gasteiger partial charge in [0.05, 0.1) is 29.7 Å². The fourth-order valence-corrected chi connectivity index (χ4v) is 5.75.